The molecule has 1 aromatic carbocycles. The predicted molar refractivity (Wildman–Crippen MR) is 71.4 cm³/mol. The van der Waals surface area contributed by atoms with Crippen LogP contribution in [0.15, 0.2) is 29.2 Å². The Bertz CT molecular complexity index is 404. The molecule has 0 saturated carbocycles. The molecule has 1 atom stereocenters. The van der Waals surface area contributed by atoms with Crippen molar-refractivity contribution >= 4 is 17.8 Å². The van der Waals surface area contributed by atoms with E-state index in [1.807, 2.05) is 23.8 Å². The Morgan fingerprint density at radius 2 is 2.00 bits per heavy atom. The average Bonchev–Trinajstić information content (AvgIpc) is 2.66. The normalized spacial score (nSPS) is 20.2. The maximum absolute atomic E-state index is 11.9. The van der Waals surface area contributed by atoms with E-state index in [2.05, 4.69) is 30.5 Å². The Balaban J connectivity index is 2.19. The number of thioether (sulfide) groups is 1. The van der Waals surface area contributed by atoms with Crippen molar-refractivity contribution in [3.63, 3.8) is 0 Å². The minimum Gasteiger partial charge on any atom is -0.323 e. The smallest absolute Gasteiger partial charge is 0.320 e. The largest absolute Gasteiger partial charge is 0.323 e. The van der Waals surface area contributed by atoms with Gasteiger partial charge in [-0.2, -0.15) is 0 Å². The molecular formula is C13H18N2OS. The lowest BCUT2D eigenvalue weighted by Gasteiger charge is -2.18. The fourth-order valence-electron chi connectivity index (χ4n) is 2.19. The first-order chi connectivity index (χ1) is 8.17. The summed E-state index contributed by atoms with van der Waals surface area (Å²) in [5, 5.41) is 0. The molecule has 1 heterocycles. The molecule has 1 fully saturated rings. The van der Waals surface area contributed by atoms with Crippen molar-refractivity contribution in [1.29, 1.82) is 0 Å². The van der Waals surface area contributed by atoms with Gasteiger partial charge in [0, 0.05) is 25.0 Å². The summed E-state index contributed by atoms with van der Waals surface area (Å²) in [6, 6.07) is 8.81. The zero-order valence-corrected chi connectivity index (χ0v) is 11.3. The van der Waals surface area contributed by atoms with Gasteiger partial charge in [0.2, 0.25) is 0 Å². The van der Waals surface area contributed by atoms with Crippen LogP contribution in [-0.4, -0.2) is 42.2 Å². The molecule has 0 bridgehead atoms. The van der Waals surface area contributed by atoms with Crippen LogP contribution >= 0.6 is 11.8 Å². The molecule has 2 rings (SSSR count). The third-order valence-electron chi connectivity index (χ3n) is 3.32. The van der Waals surface area contributed by atoms with E-state index in [0.29, 0.717) is 0 Å². The minimum absolute atomic E-state index is 0.131. The molecule has 0 aliphatic carbocycles. The van der Waals surface area contributed by atoms with Crippen LogP contribution in [0.4, 0.5) is 4.79 Å². The molecule has 1 saturated heterocycles. The lowest BCUT2D eigenvalue weighted by atomic mass is 10.1. The van der Waals surface area contributed by atoms with Crippen molar-refractivity contribution in [3.8, 4) is 0 Å². The number of hydrogen-bond donors (Lipinski definition) is 0. The van der Waals surface area contributed by atoms with Crippen LogP contribution in [0.2, 0.25) is 0 Å². The lowest BCUT2D eigenvalue weighted by molar-refractivity contribution is 0.197. The molecule has 0 aromatic heterocycles. The van der Waals surface area contributed by atoms with Crippen LogP contribution in [0.5, 0.6) is 0 Å². The zero-order valence-electron chi connectivity index (χ0n) is 10.5. The first-order valence-corrected chi connectivity index (χ1v) is 7.05. The van der Waals surface area contributed by atoms with Crippen LogP contribution < -0.4 is 0 Å². The Morgan fingerprint density at radius 1 is 1.35 bits per heavy atom. The van der Waals surface area contributed by atoms with Gasteiger partial charge in [-0.05, 0) is 30.9 Å². The average molecular weight is 250 g/mol. The second-order valence-corrected chi connectivity index (χ2v) is 5.10. The highest BCUT2D eigenvalue weighted by atomic mass is 32.2. The summed E-state index contributed by atoms with van der Waals surface area (Å²) in [5.74, 6) is 0. The van der Waals surface area contributed by atoms with Crippen LogP contribution in [0.3, 0.4) is 0 Å². The van der Waals surface area contributed by atoms with Gasteiger partial charge in [0.25, 0.3) is 0 Å². The summed E-state index contributed by atoms with van der Waals surface area (Å²) >= 11 is 1.74. The third kappa shape index (κ3) is 2.27. The number of carbonyl (C=O) groups is 1. The van der Waals surface area contributed by atoms with E-state index >= 15 is 0 Å². The Hall–Kier alpha value is -1.16. The molecular weight excluding hydrogens is 232 g/mol. The standard InChI is InChI=1S/C13H18N2OS/c1-4-15-9-12(14(2)13(15)16)10-5-7-11(17-3)8-6-10/h5-8,12H,4,9H2,1-3H3. The van der Waals surface area contributed by atoms with Gasteiger partial charge in [0.1, 0.15) is 0 Å². The van der Waals surface area contributed by atoms with Crippen molar-refractivity contribution in [2.75, 3.05) is 26.4 Å². The highest BCUT2D eigenvalue weighted by Crippen LogP contribution is 2.28. The number of carbonyl (C=O) groups excluding carboxylic acids is 1. The highest BCUT2D eigenvalue weighted by Gasteiger charge is 2.34. The number of urea groups is 1. The van der Waals surface area contributed by atoms with Gasteiger partial charge < -0.3 is 9.80 Å². The van der Waals surface area contributed by atoms with Gasteiger partial charge in [-0.25, -0.2) is 4.79 Å². The highest BCUT2D eigenvalue weighted by molar-refractivity contribution is 7.98. The predicted octanol–water partition coefficient (Wildman–Crippen LogP) is 2.84. The monoisotopic (exact) mass is 250 g/mol. The van der Waals surface area contributed by atoms with Gasteiger partial charge in [-0.3, -0.25) is 0 Å². The van der Waals surface area contributed by atoms with E-state index in [-0.39, 0.29) is 12.1 Å². The fourth-order valence-corrected chi connectivity index (χ4v) is 2.59. The lowest BCUT2D eigenvalue weighted by Crippen LogP contribution is -2.29. The Labute approximate surface area is 107 Å². The second-order valence-electron chi connectivity index (χ2n) is 4.22. The van der Waals surface area contributed by atoms with Gasteiger partial charge >= 0.3 is 6.03 Å². The summed E-state index contributed by atoms with van der Waals surface area (Å²) in [6.45, 7) is 3.60. The minimum atomic E-state index is 0.131. The van der Waals surface area contributed by atoms with Gasteiger partial charge in [-0.15, -0.1) is 11.8 Å². The molecule has 1 aliphatic rings. The van der Waals surface area contributed by atoms with Crippen molar-refractivity contribution in [2.24, 2.45) is 0 Å². The molecule has 2 amide bonds. The van der Waals surface area contributed by atoms with E-state index in [0.717, 1.165) is 13.1 Å². The van der Waals surface area contributed by atoms with Crippen molar-refractivity contribution in [3.05, 3.63) is 29.8 Å². The Morgan fingerprint density at radius 3 is 2.47 bits per heavy atom. The first-order valence-electron chi connectivity index (χ1n) is 5.83. The van der Waals surface area contributed by atoms with Gasteiger partial charge in [-0.1, -0.05) is 12.1 Å². The zero-order chi connectivity index (χ0) is 12.4. The molecule has 1 aliphatic heterocycles. The maximum Gasteiger partial charge on any atom is 0.320 e. The van der Waals surface area contributed by atoms with E-state index in [9.17, 15) is 4.79 Å². The SMILES string of the molecule is CCN1CC(c2ccc(SC)cc2)N(C)C1=O. The summed E-state index contributed by atoms with van der Waals surface area (Å²) in [6.07, 6.45) is 2.07. The summed E-state index contributed by atoms with van der Waals surface area (Å²) in [4.78, 5) is 16.9. The molecule has 4 heteroatoms. The third-order valence-corrected chi connectivity index (χ3v) is 4.06. The number of hydrogen-bond acceptors (Lipinski definition) is 2. The fraction of sp³-hybridized carbons (Fsp3) is 0.462. The number of nitrogens with zero attached hydrogens (tertiary/aromatic N) is 2. The number of amides is 2. The van der Waals surface area contributed by atoms with E-state index < -0.39 is 0 Å². The van der Waals surface area contributed by atoms with Crippen LogP contribution in [0, 0.1) is 0 Å². The maximum atomic E-state index is 11.9. The molecule has 1 aromatic rings. The summed E-state index contributed by atoms with van der Waals surface area (Å²) in [5.41, 5.74) is 1.22. The van der Waals surface area contributed by atoms with Crippen molar-refractivity contribution < 1.29 is 4.79 Å². The quantitative estimate of drug-likeness (QED) is 0.770. The van der Waals surface area contributed by atoms with Crippen LogP contribution in [0.1, 0.15) is 18.5 Å². The molecule has 0 N–H and O–H groups in total. The van der Waals surface area contributed by atoms with E-state index in [4.69, 9.17) is 0 Å². The molecule has 17 heavy (non-hydrogen) atoms. The number of likely N-dealkylation sites (N-methyl/N-ethyl adjacent to an activating group) is 2. The van der Waals surface area contributed by atoms with Gasteiger partial charge in [0.05, 0.1) is 6.04 Å². The summed E-state index contributed by atoms with van der Waals surface area (Å²) in [7, 11) is 1.88. The van der Waals surface area contributed by atoms with Gasteiger partial charge in [0.15, 0.2) is 0 Å². The second kappa shape index (κ2) is 5.00. The Kier molecular flexibility index (Phi) is 3.62. The molecule has 92 valence electrons. The number of rotatable bonds is 3. The van der Waals surface area contributed by atoms with E-state index in [1.54, 1.807) is 11.8 Å². The van der Waals surface area contributed by atoms with E-state index in [1.165, 1.54) is 10.5 Å². The topological polar surface area (TPSA) is 23.6 Å². The van der Waals surface area contributed by atoms with Crippen molar-refractivity contribution in [1.82, 2.24) is 9.80 Å². The first kappa shape index (κ1) is 12.3. The molecule has 1 unspecified atom stereocenters. The molecule has 0 spiro atoms. The van der Waals surface area contributed by atoms with Crippen molar-refractivity contribution in [2.45, 2.75) is 17.9 Å². The molecule has 0 radical (unpaired) electrons. The van der Waals surface area contributed by atoms with Crippen LogP contribution in [0.25, 0.3) is 0 Å². The van der Waals surface area contributed by atoms with Crippen LogP contribution in [-0.2, 0) is 0 Å². The summed E-state index contributed by atoms with van der Waals surface area (Å²) < 4.78 is 0. The molecule has 3 nitrogen and oxygen atoms in total. The number of benzene rings is 1.